The summed E-state index contributed by atoms with van der Waals surface area (Å²) in [5.74, 6) is 0.451. The van der Waals surface area contributed by atoms with Gasteiger partial charge in [-0.15, -0.1) is 22.7 Å². The Labute approximate surface area is 141 Å². The summed E-state index contributed by atoms with van der Waals surface area (Å²) >= 11 is 2.88. The molecule has 7 heteroatoms. The van der Waals surface area contributed by atoms with E-state index in [0.29, 0.717) is 16.0 Å². The third-order valence-corrected chi connectivity index (χ3v) is 5.69. The van der Waals surface area contributed by atoms with Gasteiger partial charge in [-0.25, -0.2) is 4.98 Å². The summed E-state index contributed by atoms with van der Waals surface area (Å²) in [7, 11) is 1.72. The molecule has 0 radical (unpaired) electrons. The van der Waals surface area contributed by atoms with Crippen molar-refractivity contribution >= 4 is 38.8 Å². The molecular weight excluding hydrogens is 330 g/mol. The summed E-state index contributed by atoms with van der Waals surface area (Å²) < 4.78 is 0.615. The average molecular weight is 347 g/mol. The van der Waals surface area contributed by atoms with Crippen molar-refractivity contribution in [3.63, 3.8) is 0 Å². The van der Waals surface area contributed by atoms with E-state index < -0.39 is 0 Å². The highest BCUT2D eigenvalue weighted by atomic mass is 32.1. The van der Waals surface area contributed by atoms with Crippen LogP contribution in [0.4, 0.5) is 0 Å². The SMILES string of the molecule is CCc1cc(C(=O)N(C)Cc2nc3ccsc3c(=O)[nH]2)sc1C. The molecule has 1 amide bonds. The number of fused-ring (bicyclic) bond motifs is 1. The fourth-order valence-corrected chi connectivity index (χ4v) is 4.29. The molecule has 23 heavy (non-hydrogen) atoms. The van der Waals surface area contributed by atoms with Gasteiger partial charge in [-0.3, -0.25) is 9.59 Å². The van der Waals surface area contributed by atoms with Gasteiger partial charge in [0.05, 0.1) is 16.9 Å². The zero-order valence-corrected chi connectivity index (χ0v) is 14.8. The molecule has 0 aliphatic heterocycles. The summed E-state index contributed by atoms with van der Waals surface area (Å²) in [6.07, 6.45) is 0.920. The topological polar surface area (TPSA) is 66.1 Å². The van der Waals surface area contributed by atoms with Gasteiger partial charge in [0.15, 0.2) is 0 Å². The maximum absolute atomic E-state index is 12.5. The highest BCUT2D eigenvalue weighted by molar-refractivity contribution is 7.17. The minimum Gasteiger partial charge on any atom is -0.334 e. The molecule has 0 saturated heterocycles. The molecule has 3 heterocycles. The predicted octanol–water partition coefficient (Wildman–Crippen LogP) is 3.19. The number of aromatic nitrogens is 2. The lowest BCUT2D eigenvalue weighted by molar-refractivity contribution is 0.0786. The van der Waals surface area contributed by atoms with E-state index in [1.165, 1.54) is 33.1 Å². The number of hydrogen-bond acceptors (Lipinski definition) is 5. The molecule has 0 aliphatic rings. The molecule has 0 aliphatic carbocycles. The van der Waals surface area contributed by atoms with Crippen LogP contribution in [-0.2, 0) is 13.0 Å². The van der Waals surface area contributed by atoms with Crippen LogP contribution in [0.2, 0.25) is 0 Å². The molecular formula is C16H17N3O2S2. The van der Waals surface area contributed by atoms with Crippen LogP contribution in [0, 0.1) is 6.92 Å². The lowest BCUT2D eigenvalue weighted by Crippen LogP contribution is -2.27. The molecule has 0 bridgehead atoms. The zero-order valence-electron chi connectivity index (χ0n) is 13.2. The Kier molecular flexibility index (Phi) is 4.32. The summed E-state index contributed by atoms with van der Waals surface area (Å²) in [6.45, 7) is 4.39. The second-order valence-electron chi connectivity index (χ2n) is 5.35. The number of carbonyl (C=O) groups is 1. The van der Waals surface area contributed by atoms with Crippen molar-refractivity contribution in [2.24, 2.45) is 0 Å². The Hall–Kier alpha value is -1.99. The van der Waals surface area contributed by atoms with Crippen molar-refractivity contribution < 1.29 is 4.79 Å². The van der Waals surface area contributed by atoms with E-state index in [2.05, 4.69) is 16.9 Å². The van der Waals surface area contributed by atoms with Gasteiger partial charge < -0.3 is 9.88 Å². The van der Waals surface area contributed by atoms with Gasteiger partial charge in [-0.1, -0.05) is 6.92 Å². The monoisotopic (exact) mass is 347 g/mol. The lowest BCUT2D eigenvalue weighted by Gasteiger charge is -2.15. The number of aryl methyl sites for hydroxylation is 2. The highest BCUT2D eigenvalue weighted by Crippen LogP contribution is 2.23. The Bertz CT molecular complexity index is 923. The van der Waals surface area contributed by atoms with Gasteiger partial charge in [0, 0.05) is 11.9 Å². The minimum atomic E-state index is -0.152. The van der Waals surface area contributed by atoms with Crippen LogP contribution in [0.3, 0.4) is 0 Å². The van der Waals surface area contributed by atoms with Crippen LogP contribution in [-0.4, -0.2) is 27.8 Å². The van der Waals surface area contributed by atoms with E-state index in [0.717, 1.165) is 11.3 Å². The molecule has 120 valence electrons. The first-order valence-electron chi connectivity index (χ1n) is 7.30. The minimum absolute atomic E-state index is 0.0501. The molecule has 3 aromatic rings. The van der Waals surface area contributed by atoms with E-state index in [9.17, 15) is 9.59 Å². The number of thiophene rings is 2. The number of aromatic amines is 1. The van der Waals surface area contributed by atoms with Gasteiger partial charge in [0.25, 0.3) is 11.5 Å². The average Bonchev–Trinajstić information content (AvgIpc) is 3.12. The molecule has 3 rings (SSSR count). The first kappa shape index (κ1) is 15.9. The van der Waals surface area contributed by atoms with Crippen LogP contribution in [0.1, 0.15) is 32.9 Å². The van der Waals surface area contributed by atoms with Crippen LogP contribution >= 0.6 is 22.7 Å². The summed E-state index contributed by atoms with van der Waals surface area (Å²) in [4.78, 5) is 35.2. The van der Waals surface area contributed by atoms with Crippen LogP contribution in [0.25, 0.3) is 10.2 Å². The lowest BCUT2D eigenvalue weighted by atomic mass is 10.2. The van der Waals surface area contributed by atoms with E-state index in [4.69, 9.17) is 0 Å². The van der Waals surface area contributed by atoms with Gasteiger partial charge in [-0.2, -0.15) is 0 Å². The first-order chi connectivity index (χ1) is 11.0. The van der Waals surface area contributed by atoms with Crippen molar-refractivity contribution in [2.45, 2.75) is 26.8 Å². The Morgan fingerprint density at radius 3 is 2.91 bits per heavy atom. The van der Waals surface area contributed by atoms with E-state index in [1.807, 2.05) is 24.4 Å². The van der Waals surface area contributed by atoms with Gasteiger partial charge in [0.1, 0.15) is 10.5 Å². The van der Waals surface area contributed by atoms with E-state index in [-0.39, 0.29) is 18.0 Å². The van der Waals surface area contributed by atoms with Crippen molar-refractivity contribution in [1.29, 1.82) is 0 Å². The van der Waals surface area contributed by atoms with Crippen molar-refractivity contribution in [3.05, 3.63) is 49.0 Å². The highest BCUT2D eigenvalue weighted by Gasteiger charge is 2.17. The van der Waals surface area contributed by atoms with Crippen molar-refractivity contribution in [2.75, 3.05) is 7.05 Å². The van der Waals surface area contributed by atoms with Gasteiger partial charge in [-0.05, 0) is 36.4 Å². The van der Waals surface area contributed by atoms with Crippen LogP contribution < -0.4 is 5.56 Å². The normalized spacial score (nSPS) is 11.1. The Morgan fingerprint density at radius 2 is 2.22 bits per heavy atom. The number of carbonyl (C=O) groups excluding carboxylic acids is 1. The molecule has 0 aromatic carbocycles. The summed E-state index contributed by atoms with van der Waals surface area (Å²) in [6, 6.07) is 3.77. The molecule has 0 fully saturated rings. The van der Waals surface area contributed by atoms with Gasteiger partial charge in [0.2, 0.25) is 0 Å². The zero-order chi connectivity index (χ0) is 16.6. The standard InChI is InChI=1S/C16H17N3O2S2/c1-4-10-7-12(23-9(10)2)16(21)19(3)8-13-17-11-5-6-22-14(11)15(20)18-13/h5-7H,4,8H2,1-3H3,(H,17,18,20). The third kappa shape index (κ3) is 3.07. The molecule has 3 aromatic heterocycles. The van der Waals surface area contributed by atoms with Gasteiger partial charge >= 0.3 is 0 Å². The number of nitrogens with zero attached hydrogens (tertiary/aromatic N) is 2. The van der Waals surface area contributed by atoms with Crippen LogP contribution in [0.15, 0.2) is 22.3 Å². The quantitative estimate of drug-likeness (QED) is 0.788. The number of nitrogens with one attached hydrogen (secondary N) is 1. The first-order valence-corrected chi connectivity index (χ1v) is 9.00. The molecule has 0 atom stereocenters. The second kappa shape index (κ2) is 6.25. The fraction of sp³-hybridized carbons (Fsp3) is 0.312. The summed E-state index contributed by atoms with van der Waals surface area (Å²) in [5.41, 5.74) is 1.73. The van der Waals surface area contributed by atoms with Crippen molar-refractivity contribution in [1.82, 2.24) is 14.9 Å². The number of amides is 1. The number of rotatable bonds is 4. The Balaban J connectivity index is 1.83. The van der Waals surface area contributed by atoms with Crippen LogP contribution in [0.5, 0.6) is 0 Å². The second-order valence-corrected chi connectivity index (χ2v) is 7.53. The number of H-pyrrole nitrogens is 1. The predicted molar refractivity (Wildman–Crippen MR) is 94.5 cm³/mol. The Morgan fingerprint density at radius 1 is 1.43 bits per heavy atom. The van der Waals surface area contributed by atoms with E-state index >= 15 is 0 Å². The molecule has 0 saturated carbocycles. The third-order valence-electron chi connectivity index (χ3n) is 3.71. The molecule has 0 unspecified atom stereocenters. The number of hydrogen-bond donors (Lipinski definition) is 1. The summed E-state index contributed by atoms with van der Waals surface area (Å²) in [5, 5.41) is 1.84. The fourth-order valence-electron chi connectivity index (χ4n) is 2.46. The van der Waals surface area contributed by atoms with Crippen molar-refractivity contribution in [3.8, 4) is 0 Å². The van der Waals surface area contributed by atoms with E-state index in [1.54, 1.807) is 11.9 Å². The molecule has 1 N–H and O–H groups in total. The molecule has 5 nitrogen and oxygen atoms in total. The smallest absolute Gasteiger partial charge is 0.268 e. The molecule has 0 spiro atoms. The maximum Gasteiger partial charge on any atom is 0.268 e. The largest absolute Gasteiger partial charge is 0.334 e. The maximum atomic E-state index is 12.5.